The molecule has 2 fully saturated rings. The van der Waals surface area contributed by atoms with Gasteiger partial charge >= 0.3 is 0 Å². The molecule has 0 radical (unpaired) electrons. The quantitative estimate of drug-likeness (QED) is 0.350. The fraction of sp³-hybridized carbons (Fsp3) is 0.333. The molecule has 208 valence electrons. The third-order valence-electron chi connectivity index (χ3n) is 11.3. The van der Waals surface area contributed by atoms with Gasteiger partial charge in [0.05, 0.1) is 12.1 Å². The first-order chi connectivity index (χ1) is 20.6. The van der Waals surface area contributed by atoms with Crippen molar-refractivity contribution in [2.24, 2.45) is 5.92 Å². The van der Waals surface area contributed by atoms with Crippen molar-refractivity contribution in [2.75, 3.05) is 0 Å². The summed E-state index contributed by atoms with van der Waals surface area (Å²) in [7, 11) is 0. The van der Waals surface area contributed by atoms with Crippen LogP contribution in [0.2, 0.25) is 5.82 Å². The van der Waals surface area contributed by atoms with E-state index in [0.29, 0.717) is 30.5 Å². The standard InChI is InChI=1S/C39H39BN2/c1-39(2,26-14-5-3-6-15-26)27-24-35-37-36(25-27)42-33-22-11-9-18-29(33)30-19-13-21-32(38(30)42)40(37)31-20-10-12-23-34(31)41(35)28-16-7-4-8-17-28/h3-7,9,11,14-16,18-20,22-25,29,33,35,37H,8,10,12-13,17,21H2,1-2H3. The van der Waals surface area contributed by atoms with Crippen molar-refractivity contribution < 1.29 is 0 Å². The van der Waals surface area contributed by atoms with Gasteiger partial charge in [0.15, 0.2) is 0 Å². The summed E-state index contributed by atoms with van der Waals surface area (Å²) in [5, 5.41) is 0. The van der Waals surface area contributed by atoms with Crippen LogP contribution >= 0.6 is 0 Å². The molecule has 1 aromatic carbocycles. The first kappa shape index (κ1) is 24.8. The van der Waals surface area contributed by atoms with E-state index in [1.165, 1.54) is 35.4 Å². The smallest absolute Gasteiger partial charge is 0.221 e. The normalized spacial score (nSPS) is 30.4. The minimum atomic E-state index is -0.0976. The Balaban J connectivity index is 1.31. The van der Waals surface area contributed by atoms with E-state index >= 15 is 0 Å². The molecule has 2 saturated heterocycles. The Morgan fingerprint density at radius 2 is 1.69 bits per heavy atom. The van der Waals surface area contributed by atoms with Crippen LogP contribution in [0.25, 0.3) is 0 Å². The molecule has 1 aromatic rings. The van der Waals surface area contributed by atoms with Gasteiger partial charge in [0.25, 0.3) is 0 Å². The number of nitrogens with zero attached hydrogens (tertiary/aromatic N) is 2. The first-order valence-electron chi connectivity index (χ1n) is 16.3. The third kappa shape index (κ3) is 3.34. The van der Waals surface area contributed by atoms with Gasteiger partial charge in [0.1, 0.15) is 0 Å². The van der Waals surface area contributed by atoms with Gasteiger partial charge in [-0.25, -0.2) is 0 Å². The van der Waals surface area contributed by atoms with E-state index in [9.17, 15) is 0 Å². The van der Waals surface area contributed by atoms with Crippen molar-refractivity contribution in [1.29, 1.82) is 0 Å². The number of hydrogen-bond acceptors (Lipinski definition) is 2. The first-order valence-corrected chi connectivity index (χ1v) is 16.3. The predicted octanol–water partition coefficient (Wildman–Crippen LogP) is 8.67. The van der Waals surface area contributed by atoms with Gasteiger partial charge in [0, 0.05) is 39.9 Å². The van der Waals surface area contributed by atoms with Crippen molar-refractivity contribution in [3.05, 3.63) is 154 Å². The maximum atomic E-state index is 2.82. The Bertz CT molecular complexity index is 1680. The monoisotopic (exact) mass is 546 g/mol. The number of fused-ring (bicyclic) bond motifs is 7. The van der Waals surface area contributed by atoms with E-state index in [0.717, 1.165) is 25.7 Å². The topological polar surface area (TPSA) is 6.48 Å². The molecule has 0 N–H and O–H groups in total. The maximum absolute atomic E-state index is 2.82. The highest BCUT2D eigenvalue weighted by molar-refractivity contribution is 6.78. The van der Waals surface area contributed by atoms with Gasteiger partial charge in [-0.2, -0.15) is 0 Å². The zero-order valence-electron chi connectivity index (χ0n) is 24.8. The molecule has 3 aliphatic heterocycles. The Hall–Kier alpha value is -3.72. The second-order valence-corrected chi connectivity index (χ2v) is 13.7. The Labute approximate surface area is 251 Å². The van der Waals surface area contributed by atoms with Crippen LogP contribution < -0.4 is 0 Å². The maximum Gasteiger partial charge on any atom is 0.221 e. The van der Waals surface area contributed by atoms with Gasteiger partial charge in [-0.1, -0.05) is 116 Å². The van der Waals surface area contributed by atoms with Crippen LogP contribution in [0.15, 0.2) is 148 Å². The van der Waals surface area contributed by atoms with Crippen molar-refractivity contribution in [3.8, 4) is 0 Å². The van der Waals surface area contributed by atoms with E-state index in [1.54, 1.807) is 27.9 Å². The average Bonchev–Trinajstić information content (AvgIpc) is 3.39. The molecule has 0 aromatic heterocycles. The largest absolute Gasteiger partial charge is 0.339 e. The van der Waals surface area contributed by atoms with Crippen LogP contribution in [0, 0.1) is 5.92 Å². The van der Waals surface area contributed by atoms with Crippen LogP contribution in [-0.4, -0.2) is 28.6 Å². The van der Waals surface area contributed by atoms with Crippen LogP contribution in [-0.2, 0) is 5.41 Å². The molecule has 9 rings (SSSR count). The summed E-state index contributed by atoms with van der Waals surface area (Å²) in [6.45, 7) is 5.32. The van der Waals surface area contributed by atoms with Gasteiger partial charge in [-0.15, -0.1) is 0 Å². The van der Waals surface area contributed by atoms with Gasteiger partial charge in [-0.05, 0) is 67.4 Å². The minimum Gasteiger partial charge on any atom is -0.339 e. The van der Waals surface area contributed by atoms with Crippen molar-refractivity contribution in [2.45, 2.75) is 75.7 Å². The summed E-state index contributed by atoms with van der Waals surface area (Å²) in [6, 6.07) is 11.8. The summed E-state index contributed by atoms with van der Waals surface area (Å²) in [6.07, 6.45) is 36.5. The zero-order chi connectivity index (χ0) is 28.0. The molecule has 0 bridgehead atoms. The fourth-order valence-corrected chi connectivity index (χ4v) is 9.36. The highest BCUT2D eigenvalue weighted by Crippen LogP contribution is 2.61. The van der Waals surface area contributed by atoms with Gasteiger partial charge in [-0.3, -0.25) is 0 Å². The molecule has 5 aliphatic carbocycles. The lowest BCUT2D eigenvalue weighted by molar-refractivity contribution is 0.288. The SMILES string of the molecule is CC(C)(C1=CC2C3B(C4=CCCC=C4N2C2=CC=CCC2)C2=C4C(=CCC2)C2C=CC=CC2N4C3=C1)c1ccccc1. The van der Waals surface area contributed by atoms with E-state index < -0.39 is 0 Å². The van der Waals surface area contributed by atoms with Crippen molar-refractivity contribution in [3.63, 3.8) is 0 Å². The number of benzene rings is 1. The number of allylic oxidation sites excluding steroid dienone is 14. The van der Waals surface area contributed by atoms with Crippen LogP contribution in [0.5, 0.6) is 0 Å². The number of hydrogen-bond donors (Lipinski definition) is 0. The Kier molecular flexibility index (Phi) is 5.41. The predicted molar refractivity (Wildman–Crippen MR) is 174 cm³/mol. The van der Waals surface area contributed by atoms with Crippen LogP contribution in [0.3, 0.4) is 0 Å². The molecule has 4 unspecified atom stereocenters. The molecule has 42 heavy (non-hydrogen) atoms. The van der Waals surface area contributed by atoms with E-state index in [-0.39, 0.29) is 5.41 Å². The molecule has 3 heterocycles. The molecule has 8 aliphatic rings. The molecule has 3 heteroatoms. The summed E-state index contributed by atoms with van der Waals surface area (Å²) in [5.41, 5.74) is 13.7. The molecule has 0 amide bonds. The second-order valence-electron chi connectivity index (χ2n) is 13.7. The van der Waals surface area contributed by atoms with E-state index in [1.807, 2.05) is 0 Å². The van der Waals surface area contributed by atoms with E-state index in [2.05, 4.69) is 127 Å². The van der Waals surface area contributed by atoms with Crippen molar-refractivity contribution in [1.82, 2.24) is 9.80 Å². The molecular formula is C39H39BN2. The van der Waals surface area contributed by atoms with Crippen LogP contribution in [0.1, 0.15) is 57.9 Å². The zero-order valence-corrected chi connectivity index (χ0v) is 24.8. The lowest BCUT2D eigenvalue weighted by atomic mass is 9.26. The Morgan fingerprint density at radius 3 is 2.55 bits per heavy atom. The van der Waals surface area contributed by atoms with Gasteiger partial charge < -0.3 is 9.80 Å². The summed E-state index contributed by atoms with van der Waals surface area (Å²) in [5.74, 6) is 0.874. The van der Waals surface area contributed by atoms with Gasteiger partial charge in [0.2, 0.25) is 6.71 Å². The highest BCUT2D eigenvalue weighted by atomic mass is 15.3. The molecular weight excluding hydrogens is 507 g/mol. The highest BCUT2D eigenvalue weighted by Gasteiger charge is 2.58. The average molecular weight is 547 g/mol. The minimum absolute atomic E-state index is 0.0976. The van der Waals surface area contributed by atoms with Crippen LogP contribution in [0.4, 0.5) is 0 Å². The Morgan fingerprint density at radius 1 is 0.833 bits per heavy atom. The second kappa shape index (κ2) is 9.14. The summed E-state index contributed by atoms with van der Waals surface area (Å²) >= 11 is 0. The molecule has 0 saturated carbocycles. The molecule has 2 nitrogen and oxygen atoms in total. The number of rotatable bonds is 3. The van der Waals surface area contributed by atoms with E-state index in [4.69, 9.17) is 0 Å². The molecule has 4 atom stereocenters. The summed E-state index contributed by atoms with van der Waals surface area (Å²) < 4.78 is 0. The van der Waals surface area contributed by atoms with Crippen molar-refractivity contribution >= 4 is 6.71 Å². The fourth-order valence-electron chi connectivity index (χ4n) is 9.36. The molecule has 0 spiro atoms. The lowest BCUT2D eigenvalue weighted by Crippen LogP contribution is -2.57. The summed E-state index contributed by atoms with van der Waals surface area (Å²) in [4.78, 5) is 5.61. The third-order valence-corrected chi connectivity index (χ3v) is 11.3. The lowest BCUT2D eigenvalue weighted by Gasteiger charge is -2.57.